The molecule has 0 aromatic carbocycles. The first kappa shape index (κ1) is 7.76. The fraction of sp³-hybridized carbons (Fsp3) is 0.800. The van der Waals surface area contributed by atoms with Gasteiger partial charge in [0.1, 0.15) is 0 Å². The van der Waals surface area contributed by atoms with Crippen molar-refractivity contribution in [2.75, 3.05) is 5.88 Å². The Labute approximate surface area is 54.1 Å². The van der Waals surface area contributed by atoms with Gasteiger partial charge >= 0.3 is 0 Å². The molecular formula is C5H10ClNO. The second-order valence-electron chi connectivity index (χ2n) is 2.37. The average molecular weight is 136 g/mol. The Bertz CT molecular complexity index is 90.4. The van der Waals surface area contributed by atoms with Crippen molar-refractivity contribution in [1.29, 1.82) is 0 Å². The molecule has 0 amide bonds. The standard InChI is InChI=1S/C5H10ClNO/c1-5(2,3-6)4-7-8/h4,8H,3H2,1-2H3/b7-4-. The molecule has 0 bridgehead atoms. The number of hydrogen-bond acceptors (Lipinski definition) is 2. The summed E-state index contributed by atoms with van der Waals surface area (Å²) in [6, 6.07) is 0. The molecule has 2 nitrogen and oxygen atoms in total. The van der Waals surface area contributed by atoms with Crippen LogP contribution in [0, 0.1) is 5.41 Å². The highest BCUT2D eigenvalue weighted by molar-refractivity contribution is 6.19. The molecule has 0 radical (unpaired) electrons. The van der Waals surface area contributed by atoms with Gasteiger partial charge in [0.15, 0.2) is 0 Å². The van der Waals surface area contributed by atoms with Crippen molar-refractivity contribution in [1.82, 2.24) is 0 Å². The van der Waals surface area contributed by atoms with Crippen molar-refractivity contribution in [3.63, 3.8) is 0 Å². The number of rotatable bonds is 2. The van der Waals surface area contributed by atoms with E-state index in [1.165, 1.54) is 6.21 Å². The Morgan fingerprint density at radius 1 is 1.75 bits per heavy atom. The Kier molecular flexibility index (Phi) is 2.84. The maximum Gasteiger partial charge on any atom is 0.0504 e. The fourth-order valence-electron chi connectivity index (χ4n) is 0.191. The van der Waals surface area contributed by atoms with Crippen LogP contribution in [0.25, 0.3) is 0 Å². The molecule has 0 atom stereocenters. The number of hydrogen-bond donors (Lipinski definition) is 1. The van der Waals surface area contributed by atoms with E-state index < -0.39 is 0 Å². The van der Waals surface area contributed by atoms with E-state index in [4.69, 9.17) is 16.8 Å². The predicted molar refractivity (Wildman–Crippen MR) is 34.8 cm³/mol. The molecule has 8 heavy (non-hydrogen) atoms. The topological polar surface area (TPSA) is 32.6 Å². The molecule has 0 aliphatic heterocycles. The molecule has 0 fully saturated rings. The first-order valence-corrected chi connectivity index (χ1v) is 2.90. The van der Waals surface area contributed by atoms with Gasteiger partial charge in [0.05, 0.1) is 6.21 Å². The van der Waals surface area contributed by atoms with E-state index in [2.05, 4.69) is 5.16 Å². The summed E-state index contributed by atoms with van der Waals surface area (Å²) in [6.07, 6.45) is 1.42. The summed E-state index contributed by atoms with van der Waals surface area (Å²) >= 11 is 5.47. The van der Waals surface area contributed by atoms with Crippen molar-refractivity contribution in [3.05, 3.63) is 0 Å². The van der Waals surface area contributed by atoms with Crippen LogP contribution >= 0.6 is 11.6 Å². The molecule has 0 rings (SSSR count). The van der Waals surface area contributed by atoms with Crippen LogP contribution in [-0.2, 0) is 0 Å². The summed E-state index contributed by atoms with van der Waals surface area (Å²) < 4.78 is 0. The zero-order chi connectivity index (χ0) is 6.62. The highest BCUT2D eigenvalue weighted by Crippen LogP contribution is 2.12. The molecule has 0 saturated carbocycles. The van der Waals surface area contributed by atoms with Crippen LogP contribution in [0.5, 0.6) is 0 Å². The monoisotopic (exact) mass is 135 g/mol. The average Bonchev–Trinajstić information content (AvgIpc) is 1.67. The first-order chi connectivity index (χ1) is 3.62. The Hall–Kier alpha value is -0.240. The van der Waals surface area contributed by atoms with Crippen LogP contribution in [-0.4, -0.2) is 17.3 Å². The zero-order valence-corrected chi connectivity index (χ0v) is 5.81. The van der Waals surface area contributed by atoms with E-state index in [-0.39, 0.29) is 5.41 Å². The van der Waals surface area contributed by atoms with Gasteiger partial charge < -0.3 is 5.21 Å². The maximum absolute atomic E-state index is 8.04. The molecule has 3 heteroatoms. The van der Waals surface area contributed by atoms with Gasteiger partial charge in [0.25, 0.3) is 0 Å². The smallest absolute Gasteiger partial charge is 0.0504 e. The number of oxime groups is 1. The summed E-state index contributed by atoms with van der Waals surface area (Å²) in [5.74, 6) is 0.469. The fourth-order valence-corrected chi connectivity index (χ4v) is 0.260. The van der Waals surface area contributed by atoms with Crippen LogP contribution in [0.2, 0.25) is 0 Å². The van der Waals surface area contributed by atoms with Crippen molar-refractivity contribution in [3.8, 4) is 0 Å². The maximum atomic E-state index is 8.04. The van der Waals surface area contributed by atoms with Gasteiger partial charge in [-0.05, 0) is 0 Å². The summed E-state index contributed by atoms with van der Waals surface area (Å²) in [5, 5.41) is 10.9. The van der Waals surface area contributed by atoms with E-state index in [1.54, 1.807) is 0 Å². The molecule has 0 spiro atoms. The van der Waals surface area contributed by atoms with Crippen molar-refractivity contribution in [2.45, 2.75) is 13.8 Å². The van der Waals surface area contributed by atoms with Gasteiger partial charge in [-0.2, -0.15) is 0 Å². The van der Waals surface area contributed by atoms with Crippen molar-refractivity contribution < 1.29 is 5.21 Å². The zero-order valence-electron chi connectivity index (χ0n) is 5.06. The molecule has 0 heterocycles. The minimum absolute atomic E-state index is 0.184. The summed E-state index contributed by atoms with van der Waals surface area (Å²) in [7, 11) is 0. The van der Waals surface area contributed by atoms with Crippen LogP contribution in [0.15, 0.2) is 5.16 Å². The normalized spacial score (nSPS) is 12.9. The lowest BCUT2D eigenvalue weighted by molar-refractivity contribution is 0.315. The van der Waals surface area contributed by atoms with Crippen LogP contribution in [0.1, 0.15) is 13.8 Å². The number of halogens is 1. The Balaban J connectivity index is 3.71. The largest absolute Gasteiger partial charge is 0.411 e. The van der Waals surface area contributed by atoms with E-state index >= 15 is 0 Å². The Morgan fingerprint density at radius 3 is 2.38 bits per heavy atom. The lowest BCUT2D eigenvalue weighted by atomic mass is 9.99. The van der Waals surface area contributed by atoms with Crippen molar-refractivity contribution >= 4 is 17.8 Å². The lowest BCUT2D eigenvalue weighted by Gasteiger charge is -2.11. The number of alkyl halides is 1. The minimum Gasteiger partial charge on any atom is -0.411 e. The van der Waals surface area contributed by atoms with Gasteiger partial charge in [-0.25, -0.2) is 0 Å². The van der Waals surface area contributed by atoms with Crippen molar-refractivity contribution in [2.24, 2.45) is 10.6 Å². The van der Waals surface area contributed by atoms with E-state index in [9.17, 15) is 0 Å². The predicted octanol–water partition coefficient (Wildman–Crippen LogP) is 1.71. The van der Waals surface area contributed by atoms with Crippen LogP contribution in [0.3, 0.4) is 0 Å². The lowest BCUT2D eigenvalue weighted by Crippen LogP contribution is -2.14. The highest BCUT2D eigenvalue weighted by atomic mass is 35.5. The van der Waals surface area contributed by atoms with Crippen LogP contribution < -0.4 is 0 Å². The van der Waals surface area contributed by atoms with Gasteiger partial charge in [0.2, 0.25) is 0 Å². The summed E-state index contributed by atoms with van der Waals surface area (Å²) in [4.78, 5) is 0. The molecule has 0 saturated heterocycles. The molecule has 1 N–H and O–H groups in total. The highest BCUT2D eigenvalue weighted by Gasteiger charge is 2.12. The summed E-state index contributed by atoms with van der Waals surface area (Å²) in [5.41, 5.74) is -0.184. The molecule has 0 unspecified atom stereocenters. The molecule has 0 aliphatic rings. The van der Waals surface area contributed by atoms with Gasteiger partial charge in [-0.15, -0.1) is 16.8 Å². The molecule has 48 valence electrons. The molecule has 0 aromatic rings. The van der Waals surface area contributed by atoms with E-state index in [0.717, 1.165) is 0 Å². The molecular weight excluding hydrogens is 126 g/mol. The minimum atomic E-state index is -0.184. The van der Waals surface area contributed by atoms with E-state index in [1.807, 2.05) is 13.8 Å². The number of nitrogens with zero attached hydrogens (tertiary/aromatic N) is 1. The Morgan fingerprint density at radius 2 is 2.25 bits per heavy atom. The molecule has 0 aromatic heterocycles. The van der Waals surface area contributed by atoms with Gasteiger partial charge in [0, 0.05) is 11.3 Å². The first-order valence-electron chi connectivity index (χ1n) is 2.37. The molecule has 0 aliphatic carbocycles. The van der Waals surface area contributed by atoms with E-state index in [0.29, 0.717) is 5.88 Å². The van der Waals surface area contributed by atoms with Gasteiger partial charge in [-0.1, -0.05) is 13.8 Å². The third kappa shape index (κ3) is 2.86. The third-order valence-corrected chi connectivity index (χ3v) is 1.44. The second-order valence-corrected chi connectivity index (χ2v) is 2.63. The quantitative estimate of drug-likeness (QED) is 0.266. The van der Waals surface area contributed by atoms with Crippen LogP contribution in [0.4, 0.5) is 0 Å². The SMILES string of the molecule is CC(C)(/C=N\O)CCl. The second kappa shape index (κ2) is 2.92. The summed E-state index contributed by atoms with van der Waals surface area (Å²) in [6.45, 7) is 3.78. The third-order valence-electron chi connectivity index (χ3n) is 0.752. The van der Waals surface area contributed by atoms with Gasteiger partial charge in [-0.3, -0.25) is 0 Å².